The van der Waals surface area contributed by atoms with Crippen molar-refractivity contribution in [1.29, 1.82) is 0 Å². The average molecular weight is 631 g/mol. The Labute approximate surface area is 270 Å². The molecule has 0 atom stereocenters. The van der Waals surface area contributed by atoms with Gasteiger partial charge in [-0.3, -0.25) is 0 Å². The number of pyridine rings is 2. The van der Waals surface area contributed by atoms with Crippen LogP contribution in [0.2, 0.25) is 0 Å². The zero-order valence-electron chi connectivity index (χ0n) is 27.7. The van der Waals surface area contributed by atoms with Gasteiger partial charge in [0.1, 0.15) is 11.6 Å². The summed E-state index contributed by atoms with van der Waals surface area (Å²) >= 11 is 0. The number of hydrogen-bond donors (Lipinski definition) is 0. The van der Waals surface area contributed by atoms with E-state index in [0.29, 0.717) is 42.0 Å². The summed E-state index contributed by atoms with van der Waals surface area (Å²) in [7, 11) is 0. The maximum absolute atomic E-state index is 13.9. The molecule has 4 aromatic rings. The Morgan fingerprint density at radius 1 is 0.848 bits per heavy atom. The minimum absolute atomic E-state index is 0.239. The standard InChI is InChI=1S/C37H45F3N6/c1-23-14-27(16-31(15-23)37(38,39)40)21-44(33-13-12-29(18-41-33)28-10-11-28)22-30-17-32-24(2)43-46(36(3,4)5)35(32)42-34(30)45(19-25-6-7-25)20-26-8-9-26/h12-18,25-26,28H,6-11,19-22H2,1-5H3. The monoisotopic (exact) mass is 630 g/mol. The summed E-state index contributed by atoms with van der Waals surface area (Å²) < 4.78 is 43.6. The molecule has 0 aliphatic heterocycles. The zero-order valence-corrected chi connectivity index (χ0v) is 27.7. The quantitative estimate of drug-likeness (QED) is 0.166. The van der Waals surface area contributed by atoms with Crippen molar-refractivity contribution in [2.45, 2.75) is 104 Å². The van der Waals surface area contributed by atoms with Crippen molar-refractivity contribution >= 4 is 22.7 Å². The molecule has 0 unspecified atom stereocenters. The van der Waals surface area contributed by atoms with Gasteiger partial charge in [-0.05, 0) is 126 Å². The van der Waals surface area contributed by atoms with Crippen molar-refractivity contribution in [2.24, 2.45) is 11.8 Å². The van der Waals surface area contributed by atoms with Gasteiger partial charge < -0.3 is 9.80 Å². The van der Waals surface area contributed by atoms with E-state index in [-0.39, 0.29) is 5.54 Å². The third kappa shape index (κ3) is 6.88. The number of halogens is 3. The van der Waals surface area contributed by atoms with E-state index in [1.807, 2.05) is 29.9 Å². The van der Waals surface area contributed by atoms with E-state index in [1.54, 1.807) is 6.92 Å². The average Bonchev–Trinajstić information content (AvgIpc) is 3.85. The molecular formula is C37H45F3N6. The van der Waals surface area contributed by atoms with Crippen LogP contribution in [0.1, 0.15) is 98.7 Å². The minimum atomic E-state index is -4.41. The van der Waals surface area contributed by atoms with Crippen molar-refractivity contribution in [2.75, 3.05) is 22.9 Å². The molecule has 0 saturated heterocycles. The molecular weight excluding hydrogens is 585 g/mol. The van der Waals surface area contributed by atoms with Gasteiger partial charge >= 0.3 is 6.18 Å². The van der Waals surface area contributed by atoms with Crippen molar-refractivity contribution in [3.63, 3.8) is 0 Å². The van der Waals surface area contributed by atoms with Gasteiger partial charge in [0.15, 0.2) is 5.65 Å². The Morgan fingerprint density at radius 3 is 2.11 bits per heavy atom. The highest BCUT2D eigenvalue weighted by Gasteiger charge is 2.34. The maximum Gasteiger partial charge on any atom is 0.416 e. The highest BCUT2D eigenvalue weighted by atomic mass is 19.4. The van der Waals surface area contributed by atoms with Gasteiger partial charge in [-0.25, -0.2) is 14.6 Å². The summed E-state index contributed by atoms with van der Waals surface area (Å²) in [6.07, 6.45) is 4.89. The van der Waals surface area contributed by atoms with Crippen molar-refractivity contribution in [3.05, 3.63) is 76.1 Å². The van der Waals surface area contributed by atoms with Gasteiger partial charge in [0, 0.05) is 43.3 Å². The number of alkyl halides is 3. The van der Waals surface area contributed by atoms with Crippen LogP contribution in [0.5, 0.6) is 0 Å². The van der Waals surface area contributed by atoms with E-state index >= 15 is 0 Å². The smallest absolute Gasteiger partial charge is 0.356 e. The lowest BCUT2D eigenvalue weighted by atomic mass is 10.0. The predicted octanol–water partition coefficient (Wildman–Crippen LogP) is 8.93. The van der Waals surface area contributed by atoms with E-state index in [9.17, 15) is 13.2 Å². The Balaban J connectivity index is 1.33. The highest BCUT2D eigenvalue weighted by Crippen LogP contribution is 2.41. The first kappa shape index (κ1) is 31.0. The van der Waals surface area contributed by atoms with Gasteiger partial charge in [-0.1, -0.05) is 17.7 Å². The lowest BCUT2D eigenvalue weighted by Gasteiger charge is -2.30. The van der Waals surface area contributed by atoms with Crippen molar-refractivity contribution in [3.8, 4) is 0 Å². The third-order valence-corrected chi connectivity index (χ3v) is 9.53. The summed E-state index contributed by atoms with van der Waals surface area (Å²) in [6, 6.07) is 10.8. The molecule has 3 heterocycles. The molecule has 3 aliphatic rings. The van der Waals surface area contributed by atoms with Crippen LogP contribution in [-0.2, 0) is 24.8 Å². The minimum Gasteiger partial charge on any atom is -0.356 e. The largest absolute Gasteiger partial charge is 0.416 e. The lowest BCUT2D eigenvalue weighted by molar-refractivity contribution is -0.137. The molecule has 0 radical (unpaired) electrons. The van der Waals surface area contributed by atoms with Crippen LogP contribution in [-0.4, -0.2) is 32.8 Å². The summed E-state index contributed by atoms with van der Waals surface area (Å²) in [4.78, 5) is 14.9. The Morgan fingerprint density at radius 2 is 1.54 bits per heavy atom. The van der Waals surface area contributed by atoms with E-state index in [0.717, 1.165) is 47.0 Å². The number of aryl methyl sites for hydroxylation is 2. The lowest BCUT2D eigenvalue weighted by Crippen LogP contribution is -2.32. The van der Waals surface area contributed by atoms with Crippen molar-refractivity contribution < 1.29 is 13.2 Å². The van der Waals surface area contributed by atoms with Crippen LogP contribution >= 0.6 is 0 Å². The van der Waals surface area contributed by atoms with Crippen LogP contribution < -0.4 is 9.80 Å². The molecule has 0 bridgehead atoms. The predicted molar refractivity (Wildman–Crippen MR) is 177 cm³/mol. The molecule has 0 amide bonds. The zero-order chi connectivity index (χ0) is 32.4. The van der Waals surface area contributed by atoms with E-state index in [2.05, 4.69) is 42.7 Å². The molecule has 0 N–H and O–H groups in total. The number of benzene rings is 1. The number of hydrogen-bond acceptors (Lipinski definition) is 5. The van der Waals surface area contributed by atoms with Gasteiger partial charge in [-0.2, -0.15) is 18.3 Å². The number of nitrogens with zero attached hydrogens (tertiary/aromatic N) is 6. The van der Waals surface area contributed by atoms with Crippen LogP contribution in [0, 0.1) is 25.7 Å². The first-order valence-corrected chi connectivity index (χ1v) is 16.8. The molecule has 9 heteroatoms. The molecule has 46 heavy (non-hydrogen) atoms. The number of aromatic nitrogens is 4. The molecule has 3 aliphatic carbocycles. The second-order valence-corrected chi connectivity index (χ2v) is 15.1. The number of fused-ring (bicyclic) bond motifs is 1. The summed E-state index contributed by atoms with van der Waals surface area (Å²) in [5.41, 5.74) is 4.44. The topological polar surface area (TPSA) is 50.1 Å². The summed E-state index contributed by atoms with van der Waals surface area (Å²) in [6.45, 7) is 12.9. The second kappa shape index (κ2) is 11.6. The van der Waals surface area contributed by atoms with E-state index < -0.39 is 11.7 Å². The normalized spacial score (nSPS) is 17.1. The molecule has 6 nitrogen and oxygen atoms in total. The fraction of sp³-hybridized carbons (Fsp3) is 0.541. The molecule has 3 aromatic heterocycles. The molecule has 7 rings (SSSR count). The number of rotatable bonds is 11. The Kier molecular flexibility index (Phi) is 7.80. The highest BCUT2D eigenvalue weighted by molar-refractivity contribution is 5.82. The van der Waals surface area contributed by atoms with Crippen LogP contribution in [0.25, 0.3) is 11.0 Å². The van der Waals surface area contributed by atoms with Gasteiger partial charge in [0.2, 0.25) is 0 Å². The van der Waals surface area contributed by atoms with Gasteiger partial charge in [0.25, 0.3) is 0 Å². The van der Waals surface area contributed by atoms with E-state index in [1.165, 1.54) is 56.2 Å². The third-order valence-electron chi connectivity index (χ3n) is 9.53. The summed E-state index contributed by atoms with van der Waals surface area (Å²) in [5.74, 6) is 3.65. The second-order valence-electron chi connectivity index (χ2n) is 15.1. The van der Waals surface area contributed by atoms with Crippen LogP contribution in [0.4, 0.5) is 24.8 Å². The summed E-state index contributed by atoms with van der Waals surface area (Å²) in [5, 5.41) is 5.94. The van der Waals surface area contributed by atoms with E-state index in [4.69, 9.17) is 15.1 Å². The molecule has 3 fully saturated rings. The first-order valence-electron chi connectivity index (χ1n) is 16.8. The Hall–Kier alpha value is -3.62. The molecule has 1 aromatic carbocycles. The number of anilines is 2. The van der Waals surface area contributed by atoms with Crippen LogP contribution in [0.15, 0.2) is 42.6 Å². The molecule has 244 valence electrons. The molecule has 0 spiro atoms. The van der Waals surface area contributed by atoms with Gasteiger partial charge in [-0.15, -0.1) is 0 Å². The van der Waals surface area contributed by atoms with Crippen molar-refractivity contribution in [1.82, 2.24) is 19.7 Å². The fourth-order valence-corrected chi connectivity index (χ4v) is 6.55. The Bertz CT molecular complexity index is 1710. The molecule has 3 saturated carbocycles. The van der Waals surface area contributed by atoms with Gasteiger partial charge in [0.05, 0.1) is 16.8 Å². The maximum atomic E-state index is 13.9. The fourth-order valence-electron chi connectivity index (χ4n) is 6.55. The van der Waals surface area contributed by atoms with Crippen LogP contribution in [0.3, 0.4) is 0 Å². The first-order chi connectivity index (χ1) is 21.8. The SMILES string of the molecule is Cc1cc(CN(Cc2cc3c(C)nn(C(C)(C)C)c3nc2N(CC2CC2)CC2CC2)c2ccc(C3CC3)cn2)cc(C(F)(F)F)c1.